The number of amides is 1. The fourth-order valence-electron chi connectivity index (χ4n) is 8.15. The summed E-state index contributed by atoms with van der Waals surface area (Å²) in [5.74, 6) is 1.83. The number of carbonyl (C=O) groups is 2. The fourth-order valence-corrected chi connectivity index (χ4v) is 8.15. The van der Waals surface area contributed by atoms with Gasteiger partial charge in [0.25, 0.3) is 0 Å². The van der Waals surface area contributed by atoms with Crippen LogP contribution in [0.5, 0.6) is 5.75 Å². The molecule has 0 radical (unpaired) electrons. The van der Waals surface area contributed by atoms with Gasteiger partial charge < -0.3 is 13.7 Å². The van der Waals surface area contributed by atoms with Gasteiger partial charge in [0, 0.05) is 6.42 Å². The summed E-state index contributed by atoms with van der Waals surface area (Å²) in [6, 6.07) is 12.7. The van der Waals surface area contributed by atoms with Crippen LogP contribution in [0.3, 0.4) is 0 Å². The molecule has 2 rings (SSSR count). The van der Waals surface area contributed by atoms with Crippen LogP contribution in [0.15, 0.2) is 36.4 Å². The smallest absolute Gasteiger partial charge is 0.380 e. The molecule has 6 nitrogen and oxygen atoms in total. The first kappa shape index (κ1) is 67.6. The number of likely N-dealkylation sites (N-methyl/N-ethyl adjacent to an activating group) is 1. The van der Waals surface area contributed by atoms with Crippen molar-refractivity contribution in [3.63, 3.8) is 0 Å². The third-order valence-corrected chi connectivity index (χ3v) is 11.9. The molecule has 0 unspecified atom stereocenters. The Morgan fingerprint density at radius 1 is 0.508 bits per heavy atom. The first-order valence-electron chi connectivity index (χ1n) is 24.7. The molecule has 2 aromatic rings. The van der Waals surface area contributed by atoms with Gasteiger partial charge in [-0.15, -0.1) is 24.8 Å². The second-order valence-corrected chi connectivity index (χ2v) is 19.9. The Kier molecular flexibility index (Phi) is 39.9. The average Bonchev–Trinajstić information content (AvgIpc) is 3.17. The number of quaternary nitrogens is 3. The van der Waals surface area contributed by atoms with Crippen molar-refractivity contribution in [3.05, 3.63) is 64.2 Å². The first-order valence-corrected chi connectivity index (χ1v) is 24.7. The summed E-state index contributed by atoms with van der Waals surface area (Å²) in [4.78, 5) is 26.1. The summed E-state index contributed by atoms with van der Waals surface area (Å²) in [6.07, 6.45) is 21.1. The fraction of sp³-hybridized carbons (Fsp3) is 0.745. The summed E-state index contributed by atoms with van der Waals surface area (Å²) >= 11 is 0. The molecule has 63 heavy (non-hydrogen) atoms. The molecule has 0 aliphatic carbocycles. The number of ketones is 1. The number of aryl methyl sites for hydroxylation is 2. The van der Waals surface area contributed by atoms with Gasteiger partial charge in [0.05, 0.1) is 68.5 Å². The quantitative estimate of drug-likeness (QED) is 0.0603. The van der Waals surface area contributed by atoms with Crippen LogP contribution in [0, 0.1) is 13.8 Å². The molecule has 0 atom stereocenters. The number of rotatable bonds is 29. The van der Waals surface area contributed by atoms with Crippen LogP contribution in [0.2, 0.25) is 0 Å². The van der Waals surface area contributed by atoms with Crippen LogP contribution >= 0.6 is 24.8 Å². The monoisotopic (exact) mass is 927 g/mol. The van der Waals surface area contributed by atoms with E-state index in [2.05, 4.69) is 93.1 Å². The minimum absolute atomic E-state index is 0. The van der Waals surface area contributed by atoms with E-state index in [4.69, 9.17) is 4.74 Å². The van der Waals surface area contributed by atoms with E-state index < -0.39 is 0 Å². The summed E-state index contributed by atoms with van der Waals surface area (Å²) < 4.78 is 8.13. The SMILES string of the molecule is C.CC.CC.Cc1ccc(C(C)C)c(CC(=O)C[N+](C)(C)CCCCCCCCCC[N+](C)(C)CCCCCCCCCC[N+](C)(C)C(=O)Oc2cc(C)ccc2C(C)C)c1.Cl.Cl. The van der Waals surface area contributed by atoms with Gasteiger partial charge in [0.1, 0.15) is 12.3 Å². The van der Waals surface area contributed by atoms with Crippen molar-refractivity contribution in [3.8, 4) is 5.75 Å². The average molecular weight is 928 g/mol. The van der Waals surface area contributed by atoms with Gasteiger partial charge in [-0.3, -0.25) is 4.79 Å². The lowest BCUT2D eigenvalue weighted by Crippen LogP contribution is -2.48. The van der Waals surface area contributed by atoms with Crippen molar-refractivity contribution in [1.82, 2.24) is 0 Å². The number of benzene rings is 2. The van der Waals surface area contributed by atoms with Gasteiger partial charge >= 0.3 is 6.09 Å². The molecule has 0 heterocycles. The third kappa shape index (κ3) is 30.8. The van der Waals surface area contributed by atoms with Crippen molar-refractivity contribution < 1.29 is 27.8 Å². The predicted molar refractivity (Wildman–Crippen MR) is 284 cm³/mol. The van der Waals surface area contributed by atoms with Crippen LogP contribution in [-0.2, 0) is 11.2 Å². The van der Waals surface area contributed by atoms with E-state index in [1.807, 2.05) is 54.8 Å². The molecule has 0 fully saturated rings. The molecule has 8 heteroatoms. The Morgan fingerprint density at radius 3 is 1.27 bits per heavy atom. The van der Waals surface area contributed by atoms with E-state index in [-0.39, 0.29) is 42.8 Å². The summed E-state index contributed by atoms with van der Waals surface area (Å²) in [5.41, 5.74) is 5.98. The van der Waals surface area contributed by atoms with E-state index >= 15 is 0 Å². The van der Waals surface area contributed by atoms with E-state index in [9.17, 15) is 9.59 Å². The van der Waals surface area contributed by atoms with E-state index in [1.54, 1.807) is 0 Å². The largest absolute Gasteiger partial charge is 0.521 e. The molecule has 0 aliphatic rings. The normalized spacial score (nSPS) is 11.3. The Bertz CT molecular complexity index is 1450. The maximum atomic E-state index is 13.0. The maximum absolute atomic E-state index is 13.0. The van der Waals surface area contributed by atoms with E-state index in [1.165, 1.54) is 126 Å². The van der Waals surface area contributed by atoms with Crippen LogP contribution in [0.4, 0.5) is 4.79 Å². The number of halogens is 2. The zero-order valence-corrected chi connectivity index (χ0v) is 45.2. The Hall–Kier alpha value is -1.96. The number of unbranched alkanes of at least 4 members (excludes halogenated alkanes) is 14. The van der Waals surface area contributed by atoms with Gasteiger partial charge in [-0.1, -0.05) is 150 Å². The van der Waals surface area contributed by atoms with Crippen LogP contribution in [-0.4, -0.2) is 100 Å². The molecule has 0 aromatic heterocycles. The zero-order valence-electron chi connectivity index (χ0n) is 43.6. The predicted octanol–water partition coefficient (Wildman–Crippen LogP) is 15.9. The molecular formula is C55H106Cl2N3O3+3. The molecule has 0 spiro atoms. The Labute approximate surface area is 405 Å². The lowest BCUT2D eigenvalue weighted by atomic mass is 9.92. The summed E-state index contributed by atoms with van der Waals surface area (Å²) in [6.45, 7) is 26.0. The Balaban J connectivity index is -0.00000241. The molecule has 0 saturated heterocycles. The lowest BCUT2D eigenvalue weighted by molar-refractivity contribution is -0.890. The van der Waals surface area contributed by atoms with Gasteiger partial charge in [0.15, 0.2) is 5.78 Å². The van der Waals surface area contributed by atoms with Crippen molar-refractivity contribution >= 4 is 36.7 Å². The molecule has 0 aliphatic heterocycles. The second-order valence-electron chi connectivity index (χ2n) is 19.9. The highest BCUT2D eigenvalue weighted by atomic mass is 35.5. The van der Waals surface area contributed by atoms with E-state index in [0.29, 0.717) is 36.3 Å². The van der Waals surface area contributed by atoms with Crippen molar-refractivity contribution in [2.45, 2.75) is 198 Å². The number of ether oxygens (including phenoxy) is 1. The topological polar surface area (TPSA) is 43.4 Å². The molecule has 0 bridgehead atoms. The highest BCUT2D eigenvalue weighted by Gasteiger charge is 2.30. The van der Waals surface area contributed by atoms with Crippen LogP contribution in [0.25, 0.3) is 0 Å². The minimum atomic E-state index is -0.169. The third-order valence-electron chi connectivity index (χ3n) is 11.9. The Morgan fingerprint density at radius 2 is 0.857 bits per heavy atom. The van der Waals surface area contributed by atoms with Gasteiger partial charge in [-0.25, -0.2) is 4.48 Å². The minimum Gasteiger partial charge on any atom is -0.380 e. The van der Waals surface area contributed by atoms with Gasteiger partial charge in [0.2, 0.25) is 0 Å². The number of carbonyl (C=O) groups excluding carboxylic acids is 2. The number of hydrogen-bond donors (Lipinski definition) is 0. The summed E-state index contributed by atoms with van der Waals surface area (Å²) in [5, 5.41) is 0. The number of Topliss-reactive ketones (excluding diaryl/α,β-unsaturated/α-hetero) is 1. The second kappa shape index (κ2) is 37.2. The van der Waals surface area contributed by atoms with E-state index in [0.717, 1.165) is 39.6 Å². The zero-order chi connectivity index (χ0) is 45.8. The lowest BCUT2D eigenvalue weighted by Gasteiger charge is -2.30. The number of nitrogens with zero attached hydrogens (tertiary/aromatic N) is 3. The van der Waals surface area contributed by atoms with Crippen molar-refractivity contribution in [2.24, 2.45) is 0 Å². The highest BCUT2D eigenvalue weighted by molar-refractivity contribution is 5.85. The molecule has 2 aromatic carbocycles. The highest BCUT2D eigenvalue weighted by Crippen LogP contribution is 2.29. The van der Waals surface area contributed by atoms with Gasteiger partial charge in [-0.05, 0) is 105 Å². The molecule has 370 valence electrons. The first-order chi connectivity index (χ1) is 28.3. The standard InChI is InChI=1S/C50H88N3O3.2C2H6.CH4.2ClH/c1-41(2)47-31-29-43(5)37-45(47)39-46(54)40-52(9,10)35-27-23-19-14-13-17-21-25-33-51(7,8)34-26-22-18-15-16-20-24-28-36-53(11,12)50(55)56-49-38-44(6)30-32-48(49)42(3)4;2*1-2;;;/h29-32,37-38,41-42H,13-28,33-36,39-40H2,1-12H3;2*1-2H3;1H4;2*1H/q+3;;;;;. The van der Waals surface area contributed by atoms with Gasteiger partial charge in [-0.2, -0.15) is 4.79 Å². The molecule has 0 N–H and O–H groups in total. The molecule has 1 amide bonds. The number of hydrogen-bond acceptors (Lipinski definition) is 3. The molecule has 0 saturated carbocycles. The maximum Gasteiger partial charge on any atom is 0.521 e. The van der Waals surface area contributed by atoms with Crippen LogP contribution < -0.4 is 4.74 Å². The summed E-state index contributed by atoms with van der Waals surface area (Å²) in [7, 11) is 13.2. The van der Waals surface area contributed by atoms with Crippen molar-refractivity contribution in [2.75, 3.05) is 75.0 Å². The molecular weight excluding hydrogens is 822 g/mol. The van der Waals surface area contributed by atoms with Crippen molar-refractivity contribution in [1.29, 1.82) is 0 Å². The van der Waals surface area contributed by atoms with Crippen LogP contribution in [0.1, 0.15) is 205 Å².